The second-order valence-corrected chi connectivity index (χ2v) is 5.12. The summed E-state index contributed by atoms with van der Waals surface area (Å²) in [5.74, 6) is 0.151. The lowest BCUT2D eigenvalue weighted by molar-refractivity contribution is -0.0498. The summed E-state index contributed by atoms with van der Waals surface area (Å²) < 4.78 is 28.3. The first-order valence-electron chi connectivity index (χ1n) is 5.78. The fourth-order valence-corrected chi connectivity index (χ4v) is 2.34. The van der Waals surface area contributed by atoms with Crippen LogP contribution in [0.3, 0.4) is 0 Å². The van der Waals surface area contributed by atoms with E-state index in [9.17, 15) is 8.78 Å². The highest BCUT2D eigenvalue weighted by atomic mass is 32.1. The molecule has 1 unspecified atom stereocenters. The number of aryl methyl sites for hydroxylation is 1. The average Bonchev–Trinajstić information content (AvgIpc) is 2.78. The minimum absolute atomic E-state index is 0.0619. The van der Waals surface area contributed by atoms with Crippen LogP contribution in [0.2, 0.25) is 0 Å². The van der Waals surface area contributed by atoms with Crippen molar-refractivity contribution in [2.75, 3.05) is 5.32 Å². The summed E-state index contributed by atoms with van der Waals surface area (Å²) in [6, 6.07) is 6.48. The maximum absolute atomic E-state index is 12.0. The Hall–Kier alpha value is -1.69. The maximum Gasteiger partial charge on any atom is 0.387 e. The molecule has 0 bridgehead atoms. The van der Waals surface area contributed by atoms with E-state index in [-0.39, 0.29) is 11.8 Å². The highest BCUT2D eigenvalue weighted by Crippen LogP contribution is 2.23. The first kappa shape index (κ1) is 13.7. The first-order valence-corrected chi connectivity index (χ1v) is 6.66. The van der Waals surface area contributed by atoms with Gasteiger partial charge < -0.3 is 10.1 Å². The SMILES string of the molecule is Cc1nc(C(C)Nc2ccc(OC(F)F)cc2)cs1. The van der Waals surface area contributed by atoms with Crippen molar-refractivity contribution < 1.29 is 13.5 Å². The standard InChI is InChI=1S/C13H14F2N2OS/c1-8(12-7-19-9(2)17-12)16-10-3-5-11(6-4-10)18-13(14)15/h3-8,13,16H,1-2H3. The first-order chi connectivity index (χ1) is 9.04. The van der Waals surface area contributed by atoms with Crippen LogP contribution in [-0.4, -0.2) is 11.6 Å². The monoisotopic (exact) mass is 284 g/mol. The third-order valence-electron chi connectivity index (χ3n) is 2.54. The third-order valence-corrected chi connectivity index (χ3v) is 3.33. The highest BCUT2D eigenvalue weighted by molar-refractivity contribution is 7.09. The van der Waals surface area contributed by atoms with Crippen molar-refractivity contribution in [2.45, 2.75) is 26.5 Å². The van der Waals surface area contributed by atoms with Gasteiger partial charge in [-0.25, -0.2) is 4.98 Å². The van der Waals surface area contributed by atoms with E-state index in [1.807, 2.05) is 19.2 Å². The Morgan fingerprint density at radius 1 is 1.26 bits per heavy atom. The molecule has 0 aliphatic heterocycles. The molecule has 1 aromatic heterocycles. The maximum atomic E-state index is 12.0. The predicted octanol–water partition coefficient (Wildman–Crippen LogP) is 4.23. The number of hydrogen-bond acceptors (Lipinski definition) is 4. The van der Waals surface area contributed by atoms with Crippen molar-refractivity contribution in [1.29, 1.82) is 0 Å². The van der Waals surface area contributed by atoms with Crippen LogP contribution in [-0.2, 0) is 0 Å². The molecule has 1 N–H and O–H groups in total. The smallest absolute Gasteiger partial charge is 0.387 e. The summed E-state index contributed by atoms with van der Waals surface area (Å²) in [6.45, 7) is 1.16. The molecule has 0 radical (unpaired) electrons. The lowest BCUT2D eigenvalue weighted by atomic mass is 10.2. The fraction of sp³-hybridized carbons (Fsp3) is 0.308. The zero-order chi connectivity index (χ0) is 13.8. The van der Waals surface area contributed by atoms with Crippen LogP contribution < -0.4 is 10.1 Å². The summed E-state index contributed by atoms with van der Waals surface area (Å²) in [5.41, 5.74) is 1.80. The van der Waals surface area contributed by atoms with E-state index in [2.05, 4.69) is 15.0 Å². The van der Waals surface area contributed by atoms with Gasteiger partial charge in [0.15, 0.2) is 0 Å². The zero-order valence-electron chi connectivity index (χ0n) is 10.6. The number of alkyl halides is 2. The molecule has 1 aromatic carbocycles. The van der Waals surface area contributed by atoms with Crippen LogP contribution in [0.1, 0.15) is 23.7 Å². The highest BCUT2D eigenvalue weighted by Gasteiger charge is 2.09. The van der Waals surface area contributed by atoms with Crippen LogP contribution in [0, 0.1) is 6.92 Å². The van der Waals surface area contributed by atoms with Crippen molar-refractivity contribution in [2.24, 2.45) is 0 Å². The number of nitrogens with one attached hydrogen (secondary N) is 1. The number of ether oxygens (including phenoxy) is 1. The molecule has 0 fully saturated rings. The van der Waals surface area contributed by atoms with Gasteiger partial charge in [-0.05, 0) is 38.1 Å². The van der Waals surface area contributed by atoms with E-state index in [0.29, 0.717) is 0 Å². The lowest BCUT2D eigenvalue weighted by Gasteiger charge is -2.13. The largest absolute Gasteiger partial charge is 0.435 e. The van der Waals surface area contributed by atoms with Crippen molar-refractivity contribution in [3.05, 3.63) is 40.3 Å². The van der Waals surface area contributed by atoms with E-state index in [0.717, 1.165) is 16.4 Å². The molecule has 2 rings (SSSR count). The molecule has 6 heteroatoms. The Morgan fingerprint density at radius 2 is 1.95 bits per heavy atom. The van der Waals surface area contributed by atoms with Gasteiger partial charge in [0.25, 0.3) is 0 Å². The Bertz CT molecular complexity index is 528. The van der Waals surface area contributed by atoms with Crippen molar-refractivity contribution in [1.82, 2.24) is 4.98 Å². The molecule has 0 aliphatic carbocycles. The Kier molecular flexibility index (Phi) is 4.31. The summed E-state index contributed by atoms with van der Waals surface area (Å²) in [7, 11) is 0. The van der Waals surface area contributed by atoms with Crippen LogP contribution in [0.25, 0.3) is 0 Å². The lowest BCUT2D eigenvalue weighted by Crippen LogP contribution is -2.07. The van der Waals surface area contributed by atoms with Gasteiger partial charge in [-0.1, -0.05) is 0 Å². The number of aromatic nitrogens is 1. The molecule has 0 saturated carbocycles. The van der Waals surface area contributed by atoms with Crippen molar-refractivity contribution in [3.8, 4) is 5.75 Å². The topological polar surface area (TPSA) is 34.2 Å². The van der Waals surface area contributed by atoms with Crippen LogP contribution in [0.4, 0.5) is 14.5 Å². The van der Waals surface area contributed by atoms with Gasteiger partial charge in [-0.2, -0.15) is 8.78 Å². The van der Waals surface area contributed by atoms with Gasteiger partial charge in [0.1, 0.15) is 5.75 Å². The molecular formula is C13H14F2N2OS. The number of rotatable bonds is 5. The molecule has 19 heavy (non-hydrogen) atoms. The summed E-state index contributed by atoms with van der Waals surface area (Å²) >= 11 is 1.60. The van der Waals surface area contributed by atoms with Crippen LogP contribution in [0.5, 0.6) is 5.75 Å². The average molecular weight is 284 g/mol. The molecule has 0 saturated heterocycles. The minimum Gasteiger partial charge on any atom is -0.435 e. The van der Waals surface area contributed by atoms with Crippen molar-refractivity contribution >= 4 is 17.0 Å². The summed E-state index contributed by atoms with van der Waals surface area (Å²) in [5, 5.41) is 6.27. The molecule has 0 aliphatic rings. The van der Waals surface area contributed by atoms with Gasteiger partial charge in [-0.3, -0.25) is 0 Å². The summed E-state index contributed by atoms with van der Waals surface area (Å²) in [4.78, 5) is 4.40. The van der Waals surface area contributed by atoms with E-state index in [1.54, 1.807) is 23.5 Å². The fourth-order valence-electron chi connectivity index (χ4n) is 1.64. The number of halogens is 2. The molecule has 3 nitrogen and oxygen atoms in total. The molecular weight excluding hydrogens is 270 g/mol. The number of nitrogens with zero attached hydrogens (tertiary/aromatic N) is 1. The Balaban J connectivity index is 1.99. The number of benzene rings is 1. The Morgan fingerprint density at radius 3 is 2.47 bits per heavy atom. The predicted molar refractivity (Wildman–Crippen MR) is 72.0 cm³/mol. The van der Waals surface area contributed by atoms with Crippen LogP contribution in [0.15, 0.2) is 29.6 Å². The van der Waals surface area contributed by atoms with E-state index in [1.165, 1.54) is 12.1 Å². The quantitative estimate of drug-likeness (QED) is 0.892. The minimum atomic E-state index is -2.80. The zero-order valence-corrected chi connectivity index (χ0v) is 11.4. The number of anilines is 1. The molecule has 1 atom stereocenters. The molecule has 102 valence electrons. The molecule has 0 amide bonds. The second kappa shape index (κ2) is 5.97. The number of thiazole rings is 1. The van der Waals surface area contributed by atoms with E-state index >= 15 is 0 Å². The molecule has 2 aromatic rings. The molecule has 0 spiro atoms. The van der Waals surface area contributed by atoms with E-state index < -0.39 is 6.61 Å². The second-order valence-electron chi connectivity index (χ2n) is 4.06. The third kappa shape index (κ3) is 3.89. The molecule has 1 heterocycles. The van der Waals surface area contributed by atoms with E-state index in [4.69, 9.17) is 0 Å². The van der Waals surface area contributed by atoms with Crippen LogP contribution >= 0.6 is 11.3 Å². The van der Waals surface area contributed by atoms with Gasteiger partial charge in [0, 0.05) is 11.1 Å². The van der Waals surface area contributed by atoms with Gasteiger partial charge in [0.05, 0.1) is 16.7 Å². The summed E-state index contributed by atoms with van der Waals surface area (Å²) in [6.07, 6.45) is 0. The van der Waals surface area contributed by atoms with Crippen molar-refractivity contribution in [3.63, 3.8) is 0 Å². The Labute approximate surface area is 114 Å². The van der Waals surface area contributed by atoms with Gasteiger partial charge in [-0.15, -0.1) is 11.3 Å². The number of hydrogen-bond donors (Lipinski definition) is 1. The normalized spacial score (nSPS) is 12.5. The van der Waals surface area contributed by atoms with Gasteiger partial charge >= 0.3 is 6.61 Å². The van der Waals surface area contributed by atoms with Gasteiger partial charge in [0.2, 0.25) is 0 Å².